The number of nitrogens with two attached hydrogens (primary N) is 1. The fourth-order valence-electron chi connectivity index (χ4n) is 3.27. The average Bonchev–Trinajstić information content (AvgIpc) is 2.68. The van der Waals surface area contributed by atoms with Gasteiger partial charge in [-0.3, -0.25) is 0 Å². The van der Waals surface area contributed by atoms with Gasteiger partial charge in [0.1, 0.15) is 5.75 Å². The van der Waals surface area contributed by atoms with E-state index in [1.54, 1.807) is 7.11 Å². The highest BCUT2D eigenvalue weighted by molar-refractivity contribution is 5.28. The van der Waals surface area contributed by atoms with Crippen molar-refractivity contribution < 1.29 is 4.74 Å². The molecule has 0 radical (unpaired) electrons. The van der Waals surface area contributed by atoms with Crippen LogP contribution in [0.2, 0.25) is 0 Å². The van der Waals surface area contributed by atoms with E-state index in [2.05, 4.69) is 19.1 Å². The molecule has 0 aromatic heterocycles. The van der Waals surface area contributed by atoms with Crippen molar-refractivity contribution >= 4 is 0 Å². The van der Waals surface area contributed by atoms with E-state index < -0.39 is 0 Å². The van der Waals surface area contributed by atoms with Crippen molar-refractivity contribution in [3.8, 4) is 5.75 Å². The Morgan fingerprint density at radius 3 is 2.21 bits per heavy atom. The van der Waals surface area contributed by atoms with Crippen LogP contribution in [0.15, 0.2) is 24.3 Å². The van der Waals surface area contributed by atoms with E-state index in [1.165, 1.54) is 44.1 Å². The SMILES string of the molecule is COc1ccc(CC(C)(N)C2CCCCCC2)cc1. The lowest BCUT2D eigenvalue weighted by atomic mass is 9.77. The molecule has 1 aliphatic carbocycles. The first-order valence-electron chi connectivity index (χ1n) is 7.53. The molecule has 2 heteroatoms. The van der Waals surface area contributed by atoms with Crippen LogP contribution in [0.5, 0.6) is 5.75 Å². The van der Waals surface area contributed by atoms with Crippen molar-refractivity contribution in [2.24, 2.45) is 11.7 Å². The van der Waals surface area contributed by atoms with Crippen LogP contribution in [0, 0.1) is 5.92 Å². The van der Waals surface area contributed by atoms with Crippen molar-refractivity contribution in [3.05, 3.63) is 29.8 Å². The average molecular weight is 261 g/mol. The fraction of sp³-hybridized carbons (Fsp3) is 0.647. The monoisotopic (exact) mass is 261 g/mol. The first-order valence-corrected chi connectivity index (χ1v) is 7.53. The van der Waals surface area contributed by atoms with Gasteiger partial charge in [0.15, 0.2) is 0 Å². The molecule has 0 heterocycles. The van der Waals surface area contributed by atoms with Gasteiger partial charge in [-0.25, -0.2) is 0 Å². The van der Waals surface area contributed by atoms with Crippen LogP contribution < -0.4 is 10.5 Å². The lowest BCUT2D eigenvalue weighted by Crippen LogP contribution is -2.46. The van der Waals surface area contributed by atoms with E-state index in [0.717, 1.165) is 12.2 Å². The third-order valence-electron chi connectivity index (χ3n) is 4.53. The van der Waals surface area contributed by atoms with E-state index in [4.69, 9.17) is 10.5 Å². The van der Waals surface area contributed by atoms with Gasteiger partial charge in [-0.1, -0.05) is 37.8 Å². The third-order valence-corrected chi connectivity index (χ3v) is 4.53. The Morgan fingerprint density at radius 1 is 1.11 bits per heavy atom. The van der Waals surface area contributed by atoms with Gasteiger partial charge >= 0.3 is 0 Å². The molecule has 2 rings (SSSR count). The normalized spacial score (nSPS) is 20.6. The molecule has 2 nitrogen and oxygen atoms in total. The van der Waals surface area contributed by atoms with Gasteiger partial charge in [0.25, 0.3) is 0 Å². The summed E-state index contributed by atoms with van der Waals surface area (Å²) in [5.74, 6) is 1.58. The third kappa shape index (κ3) is 3.97. The van der Waals surface area contributed by atoms with Gasteiger partial charge < -0.3 is 10.5 Å². The molecule has 19 heavy (non-hydrogen) atoms. The fourth-order valence-corrected chi connectivity index (χ4v) is 3.27. The Hall–Kier alpha value is -1.02. The maximum atomic E-state index is 6.63. The summed E-state index contributed by atoms with van der Waals surface area (Å²) < 4.78 is 5.20. The number of methoxy groups -OCH3 is 1. The van der Waals surface area contributed by atoms with Crippen molar-refractivity contribution in [3.63, 3.8) is 0 Å². The second-order valence-corrected chi connectivity index (χ2v) is 6.22. The Kier molecular flexibility index (Phi) is 4.87. The number of ether oxygens (including phenoxy) is 1. The van der Waals surface area contributed by atoms with Crippen LogP contribution in [0.25, 0.3) is 0 Å². The van der Waals surface area contributed by atoms with Crippen LogP contribution >= 0.6 is 0 Å². The Bertz CT molecular complexity index is 375. The molecule has 0 spiro atoms. The van der Waals surface area contributed by atoms with Gasteiger partial charge in [0.05, 0.1) is 7.11 Å². The molecule has 1 aromatic rings. The lowest BCUT2D eigenvalue weighted by Gasteiger charge is -2.34. The predicted molar refractivity (Wildman–Crippen MR) is 80.5 cm³/mol. The molecule has 1 aromatic carbocycles. The van der Waals surface area contributed by atoms with E-state index in [9.17, 15) is 0 Å². The summed E-state index contributed by atoms with van der Waals surface area (Å²) in [5.41, 5.74) is 7.86. The number of hydrogen-bond acceptors (Lipinski definition) is 2. The molecule has 1 fully saturated rings. The van der Waals surface area contributed by atoms with Gasteiger partial charge in [0.2, 0.25) is 0 Å². The molecule has 0 aliphatic heterocycles. The highest BCUT2D eigenvalue weighted by Gasteiger charge is 2.30. The topological polar surface area (TPSA) is 35.2 Å². The van der Waals surface area contributed by atoms with Crippen molar-refractivity contribution in [2.75, 3.05) is 7.11 Å². The number of hydrogen-bond donors (Lipinski definition) is 1. The Balaban J connectivity index is 2.01. The van der Waals surface area contributed by atoms with Crippen molar-refractivity contribution in [1.82, 2.24) is 0 Å². The minimum Gasteiger partial charge on any atom is -0.497 e. The van der Waals surface area contributed by atoms with E-state index in [0.29, 0.717) is 5.92 Å². The Labute approximate surface area is 117 Å². The van der Waals surface area contributed by atoms with Crippen LogP contribution in [-0.2, 0) is 6.42 Å². The molecular formula is C17H27NO. The number of rotatable bonds is 4. The van der Waals surface area contributed by atoms with Gasteiger partial charge in [-0.2, -0.15) is 0 Å². The molecule has 106 valence electrons. The molecule has 0 amide bonds. The molecule has 0 saturated heterocycles. The zero-order valence-corrected chi connectivity index (χ0v) is 12.3. The van der Waals surface area contributed by atoms with Gasteiger partial charge in [-0.05, 0) is 49.8 Å². The summed E-state index contributed by atoms with van der Waals surface area (Å²) in [6.07, 6.45) is 9.01. The molecule has 1 unspecified atom stereocenters. The predicted octanol–water partition coefficient (Wildman–Crippen LogP) is 3.93. The second-order valence-electron chi connectivity index (χ2n) is 6.22. The zero-order chi connectivity index (χ0) is 13.7. The largest absolute Gasteiger partial charge is 0.497 e. The van der Waals surface area contributed by atoms with Crippen LogP contribution in [-0.4, -0.2) is 12.6 Å². The summed E-state index contributed by atoms with van der Waals surface area (Å²) >= 11 is 0. The molecule has 1 atom stereocenters. The highest BCUT2D eigenvalue weighted by atomic mass is 16.5. The van der Waals surface area contributed by atoms with Crippen LogP contribution in [0.1, 0.15) is 51.0 Å². The van der Waals surface area contributed by atoms with E-state index in [-0.39, 0.29) is 5.54 Å². The first-order chi connectivity index (χ1) is 9.12. The van der Waals surface area contributed by atoms with E-state index in [1.807, 2.05) is 12.1 Å². The zero-order valence-electron chi connectivity index (χ0n) is 12.3. The minimum absolute atomic E-state index is 0.0844. The molecule has 0 bridgehead atoms. The van der Waals surface area contributed by atoms with Crippen molar-refractivity contribution in [1.29, 1.82) is 0 Å². The quantitative estimate of drug-likeness (QED) is 0.834. The maximum absolute atomic E-state index is 6.63. The minimum atomic E-state index is -0.0844. The lowest BCUT2D eigenvalue weighted by molar-refractivity contribution is 0.263. The molecule has 1 aliphatic rings. The summed E-state index contributed by atoms with van der Waals surface area (Å²) in [6, 6.07) is 8.33. The van der Waals surface area contributed by atoms with Crippen LogP contribution in [0.4, 0.5) is 0 Å². The van der Waals surface area contributed by atoms with E-state index >= 15 is 0 Å². The van der Waals surface area contributed by atoms with Crippen LogP contribution in [0.3, 0.4) is 0 Å². The molecule has 1 saturated carbocycles. The van der Waals surface area contributed by atoms with Gasteiger partial charge in [-0.15, -0.1) is 0 Å². The Morgan fingerprint density at radius 2 is 1.68 bits per heavy atom. The number of benzene rings is 1. The summed E-state index contributed by atoms with van der Waals surface area (Å²) in [4.78, 5) is 0. The second kappa shape index (κ2) is 6.42. The summed E-state index contributed by atoms with van der Waals surface area (Å²) in [7, 11) is 1.70. The summed E-state index contributed by atoms with van der Waals surface area (Å²) in [5, 5.41) is 0. The molecule has 2 N–H and O–H groups in total. The smallest absolute Gasteiger partial charge is 0.118 e. The summed E-state index contributed by atoms with van der Waals surface area (Å²) in [6.45, 7) is 2.23. The maximum Gasteiger partial charge on any atom is 0.118 e. The highest BCUT2D eigenvalue weighted by Crippen LogP contribution is 2.32. The first kappa shape index (κ1) is 14.4. The van der Waals surface area contributed by atoms with Crippen molar-refractivity contribution in [2.45, 2.75) is 57.4 Å². The molecular weight excluding hydrogens is 234 g/mol. The van der Waals surface area contributed by atoms with Gasteiger partial charge in [0, 0.05) is 5.54 Å². The standard InChI is InChI=1S/C17H27NO/c1-17(18,15-7-5-3-4-6-8-15)13-14-9-11-16(19-2)12-10-14/h9-12,15H,3-8,13,18H2,1-2H3.